The van der Waals surface area contributed by atoms with Crippen molar-refractivity contribution in [1.29, 1.82) is 0 Å². The lowest BCUT2D eigenvalue weighted by Gasteiger charge is -2.02. The zero-order valence-corrected chi connectivity index (χ0v) is 8.59. The van der Waals surface area contributed by atoms with Crippen molar-refractivity contribution in [2.45, 2.75) is 19.3 Å². The second-order valence-electron chi connectivity index (χ2n) is 3.72. The molecule has 16 heavy (non-hydrogen) atoms. The van der Waals surface area contributed by atoms with Crippen molar-refractivity contribution in [3.05, 3.63) is 41.6 Å². The second-order valence-corrected chi connectivity index (χ2v) is 3.72. The summed E-state index contributed by atoms with van der Waals surface area (Å²) in [5.41, 5.74) is 1.15. The predicted molar refractivity (Wildman–Crippen MR) is 56.9 cm³/mol. The van der Waals surface area contributed by atoms with Crippen LogP contribution in [0.15, 0.2) is 30.0 Å². The number of nitrogens with one attached hydrogen (secondary N) is 1. The van der Waals surface area contributed by atoms with Gasteiger partial charge in [-0.1, -0.05) is 0 Å². The summed E-state index contributed by atoms with van der Waals surface area (Å²) in [6, 6.07) is 3.54. The van der Waals surface area contributed by atoms with E-state index in [9.17, 15) is 13.6 Å². The second kappa shape index (κ2) is 4.43. The van der Waals surface area contributed by atoms with Crippen molar-refractivity contribution in [1.82, 2.24) is 0 Å². The molecular weight excluding hydrogens is 212 g/mol. The summed E-state index contributed by atoms with van der Waals surface area (Å²) in [7, 11) is 0. The molecule has 1 saturated carbocycles. The SMILES string of the molecule is O=C1CCC/C1=C/Nc1ccc(F)c(F)c1. The number of carbonyl (C=O) groups excluding carboxylic acids is 1. The Morgan fingerprint density at radius 1 is 1.19 bits per heavy atom. The molecule has 1 N–H and O–H groups in total. The molecule has 1 aromatic carbocycles. The van der Waals surface area contributed by atoms with E-state index in [1.165, 1.54) is 6.07 Å². The first-order valence-corrected chi connectivity index (χ1v) is 5.10. The molecular formula is C12H11F2NO. The molecule has 0 saturated heterocycles. The van der Waals surface area contributed by atoms with Crippen molar-refractivity contribution in [3.63, 3.8) is 0 Å². The average Bonchev–Trinajstić information content (AvgIpc) is 2.66. The van der Waals surface area contributed by atoms with Crippen LogP contribution in [0.1, 0.15) is 19.3 Å². The van der Waals surface area contributed by atoms with E-state index >= 15 is 0 Å². The van der Waals surface area contributed by atoms with Gasteiger partial charge < -0.3 is 5.32 Å². The molecule has 0 atom stereocenters. The zero-order chi connectivity index (χ0) is 11.5. The molecule has 1 aliphatic rings. The Labute approximate surface area is 92.0 Å². The molecule has 0 bridgehead atoms. The number of ketones is 1. The van der Waals surface area contributed by atoms with E-state index in [4.69, 9.17) is 0 Å². The quantitative estimate of drug-likeness (QED) is 0.781. The number of rotatable bonds is 2. The van der Waals surface area contributed by atoms with Crippen LogP contribution in [0.4, 0.5) is 14.5 Å². The van der Waals surface area contributed by atoms with E-state index in [1.807, 2.05) is 0 Å². The highest BCUT2D eigenvalue weighted by molar-refractivity contribution is 5.97. The number of hydrogen-bond acceptors (Lipinski definition) is 2. The first kappa shape index (κ1) is 10.8. The van der Waals surface area contributed by atoms with Gasteiger partial charge in [0.15, 0.2) is 17.4 Å². The van der Waals surface area contributed by atoms with Crippen molar-refractivity contribution in [2.75, 3.05) is 5.32 Å². The van der Waals surface area contributed by atoms with E-state index in [0.29, 0.717) is 17.7 Å². The highest BCUT2D eigenvalue weighted by Crippen LogP contribution is 2.21. The van der Waals surface area contributed by atoms with Crippen LogP contribution in [0.25, 0.3) is 0 Å². The number of anilines is 1. The molecule has 2 nitrogen and oxygen atoms in total. The maximum absolute atomic E-state index is 12.9. The molecule has 1 aliphatic carbocycles. The number of halogens is 2. The molecule has 0 spiro atoms. The van der Waals surface area contributed by atoms with Gasteiger partial charge in [0.1, 0.15) is 0 Å². The first-order chi connectivity index (χ1) is 7.66. The van der Waals surface area contributed by atoms with Crippen LogP contribution in [0.5, 0.6) is 0 Å². The standard InChI is InChI=1S/C12H11F2NO/c13-10-5-4-9(6-11(10)14)15-7-8-2-1-3-12(8)16/h4-7,15H,1-3H2/b8-7-. The smallest absolute Gasteiger partial charge is 0.160 e. The molecule has 0 heterocycles. The van der Waals surface area contributed by atoms with Gasteiger partial charge in [0.05, 0.1) is 0 Å². The van der Waals surface area contributed by atoms with Crippen LogP contribution in [-0.2, 0) is 4.79 Å². The number of hydrogen-bond donors (Lipinski definition) is 1. The van der Waals surface area contributed by atoms with Gasteiger partial charge >= 0.3 is 0 Å². The van der Waals surface area contributed by atoms with Crippen LogP contribution >= 0.6 is 0 Å². The molecule has 1 aromatic rings. The molecule has 84 valence electrons. The largest absolute Gasteiger partial charge is 0.361 e. The lowest BCUT2D eigenvalue weighted by molar-refractivity contribution is -0.114. The maximum Gasteiger partial charge on any atom is 0.160 e. The third-order valence-corrected chi connectivity index (χ3v) is 2.54. The fourth-order valence-corrected chi connectivity index (χ4v) is 1.65. The summed E-state index contributed by atoms with van der Waals surface area (Å²) in [5, 5.41) is 2.80. The fourth-order valence-electron chi connectivity index (χ4n) is 1.65. The van der Waals surface area contributed by atoms with Crippen LogP contribution in [0.2, 0.25) is 0 Å². The molecule has 0 amide bonds. The lowest BCUT2D eigenvalue weighted by Crippen LogP contribution is -1.97. The van der Waals surface area contributed by atoms with Crippen molar-refractivity contribution in [2.24, 2.45) is 0 Å². The van der Waals surface area contributed by atoms with Crippen LogP contribution in [0, 0.1) is 11.6 Å². The number of carbonyl (C=O) groups is 1. The summed E-state index contributed by atoms with van der Waals surface area (Å²) >= 11 is 0. The maximum atomic E-state index is 12.9. The Bertz CT molecular complexity index is 454. The van der Waals surface area contributed by atoms with E-state index in [2.05, 4.69) is 5.32 Å². The van der Waals surface area contributed by atoms with Gasteiger partial charge in [-0.25, -0.2) is 8.78 Å². The Kier molecular flexibility index (Phi) is 2.99. The molecule has 0 aromatic heterocycles. The normalized spacial score (nSPS) is 18.1. The van der Waals surface area contributed by atoms with Gasteiger partial charge in [-0.2, -0.15) is 0 Å². The summed E-state index contributed by atoms with van der Waals surface area (Å²) in [6.45, 7) is 0. The van der Waals surface area contributed by atoms with Crippen molar-refractivity contribution < 1.29 is 13.6 Å². The Morgan fingerprint density at radius 2 is 2.00 bits per heavy atom. The first-order valence-electron chi connectivity index (χ1n) is 5.10. The Morgan fingerprint density at radius 3 is 2.62 bits per heavy atom. The summed E-state index contributed by atoms with van der Waals surface area (Å²) < 4.78 is 25.5. The molecule has 2 rings (SSSR count). The Hall–Kier alpha value is -1.71. The molecule has 0 radical (unpaired) electrons. The third-order valence-electron chi connectivity index (χ3n) is 2.54. The molecule has 4 heteroatoms. The average molecular weight is 223 g/mol. The Balaban J connectivity index is 2.09. The minimum Gasteiger partial charge on any atom is -0.361 e. The van der Waals surface area contributed by atoms with Crippen LogP contribution < -0.4 is 5.32 Å². The van der Waals surface area contributed by atoms with Gasteiger partial charge in [-0.05, 0) is 25.0 Å². The third kappa shape index (κ3) is 2.27. The topological polar surface area (TPSA) is 29.1 Å². The minimum atomic E-state index is -0.902. The lowest BCUT2D eigenvalue weighted by atomic mass is 10.2. The predicted octanol–water partition coefficient (Wildman–Crippen LogP) is 3.01. The highest BCUT2D eigenvalue weighted by atomic mass is 19.2. The molecule has 0 unspecified atom stereocenters. The number of Topliss-reactive ketones (excluding diaryl/α,β-unsaturated/α-hetero) is 1. The molecule has 1 fully saturated rings. The van der Waals surface area contributed by atoms with E-state index in [-0.39, 0.29) is 5.78 Å². The van der Waals surface area contributed by atoms with Gasteiger partial charge in [0.2, 0.25) is 0 Å². The number of allylic oxidation sites excluding steroid dienone is 1. The van der Waals surface area contributed by atoms with E-state index in [1.54, 1.807) is 6.20 Å². The fraction of sp³-hybridized carbons (Fsp3) is 0.250. The summed E-state index contributed by atoms with van der Waals surface area (Å²) in [5.74, 6) is -1.66. The molecule has 0 aliphatic heterocycles. The highest BCUT2D eigenvalue weighted by Gasteiger charge is 2.16. The monoisotopic (exact) mass is 223 g/mol. The van der Waals surface area contributed by atoms with Gasteiger partial charge in [-0.3, -0.25) is 4.79 Å². The van der Waals surface area contributed by atoms with Gasteiger partial charge in [0.25, 0.3) is 0 Å². The van der Waals surface area contributed by atoms with Crippen LogP contribution in [0.3, 0.4) is 0 Å². The number of benzene rings is 1. The van der Waals surface area contributed by atoms with E-state index < -0.39 is 11.6 Å². The van der Waals surface area contributed by atoms with Gasteiger partial charge in [0, 0.05) is 29.9 Å². The van der Waals surface area contributed by atoms with Crippen LogP contribution in [-0.4, -0.2) is 5.78 Å². The summed E-state index contributed by atoms with van der Waals surface area (Å²) in [6.07, 6.45) is 3.76. The van der Waals surface area contributed by atoms with Crippen molar-refractivity contribution in [3.8, 4) is 0 Å². The van der Waals surface area contributed by atoms with Gasteiger partial charge in [-0.15, -0.1) is 0 Å². The summed E-state index contributed by atoms with van der Waals surface area (Å²) in [4.78, 5) is 11.3. The van der Waals surface area contributed by atoms with E-state index in [0.717, 1.165) is 25.0 Å². The van der Waals surface area contributed by atoms with Crippen molar-refractivity contribution >= 4 is 11.5 Å². The zero-order valence-electron chi connectivity index (χ0n) is 8.59. The minimum absolute atomic E-state index is 0.120.